The molecule has 7 nitrogen and oxygen atoms in total. The zero-order valence-electron chi connectivity index (χ0n) is 18.1. The van der Waals surface area contributed by atoms with Gasteiger partial charge in [0, 0.05) is 36.8 Å². The molecule has 1 aliphatic rings. The smallest absolute Gasteiger partial charge is 0.251 e. The Morgan fingerprint density at radius 3 is 2.03 bits per heavy atom. The maximum atomic E-state index is 14.0. The van der Waals surface area contributed by atoms with E-state index in [4.69, 9.17) is 11.6 Å². The topological polar surface area (TPSA) is 86.8 Å². The van der Waals surface area contributed by atoms with Crippen LogP contribution >= 0.6 is 11.6 Å². The summed E-state index contributed by atoms with van der Waals surface area (Å²) in [7, 11) is -4.40. The fourth-order valence-corrected chi connectivity index (χ4v) is 5.20. The minimum Gasteiger partial charge on any atom is -0.340 e. The normalized spacial score (nSPS) is 16.0. The molecule has 1 N–H and O–H groups in total. The van der Waals surface area contributed by atoms with E-state index in [9.17, 15) is 26.8 Å². The van der Waals surface area contributed by atoms with Gasteiger partial charge in [0.15, 0.2) is 4.90 Å². The molecule has 0 unspecified atom stereocenters. The summed E-state index contributed by atoms with van der Waals surface area (Å²) in [6.07, 6.45) is 0. The van der Waals surface area contributed by atoms with E-state index in [1.165, 1.54) is 4.90 Å². The lowest BCUT2D eigenvalue weighted by atomic mass is 10.0. The van der Waals surface area contributed by atoms with Crippen molar-refractivity contribution in [2.24, 2.45) is 5.92 Å². The number of carbonyl (C=O) groups excluding carboxylic acids is 2. The Morgan fingerprint density at radius 2 is 1.52 bits per heavy atom. The summed E-state index contributed by atoms with van der Waals surface area (Å²) < 4.78 is 54.5. The maximum Gasteiger partial charge on any atom is 0.251 e. The predicted molar refractivity (Wildman–Crippen MR) is 119 cm³/mol. The predicted octanol–water partition coefficient (Wildman–Crippen LogP) is 2.91. The number of nitrogens with zero attached hydrogens (tertiary/aromatic N) is 2. The van der Waals surface area contributed by atoms with Crippen LogP contribution in [0, 0.1) is 17.6 Å². The minimum absolute atomic E-state index is 0.0220. The monoisotopic (exact) mass is 499 g/mol. The molecule has 1 aliphatic heterocycles. The summed E-state index contributed by atoms with van der Waals surface area (Å²) in [4.78, 5) is 26.1. The fourth-order valence-electron chi connectivity index (χ4n) is 3.54. The van der Waals surface area contributed by atoms with Crippen LogP contribution in [0.5, 0.6) is 0 Å². The van der Waals surface area contributed by atoms with Gasteiger partial charge >= 0.3 is 0 Å². The average Bonchev–Trinajstić information content (AvgIpc) is 2.77. The lowest BCUT2D eigenvalue weighted by Gasteiger charge is -2.36. The Bertz CT molecular complexity index is 1110. The van der Waals surface area contributed by atoms with Gasteiger partial charge < -0.3 is 10.2 Å². The molecule has 0 bridgehead atoms. The number of sulfonamides is 1. The number of rotatable bonds is 6. The zero-order chi connectivity index (χ0) is 24.3. The largest absolute Gasteiger partial charge is 0.340 e. The van der Waals surface area contributed by atoms with Gasteiger partial charge in [-0.15, -0.1) is 0 Å². The first-order valence-electron chi connectivity index (χ1n) is 10.3. The fraction of sp³-hybridized carbons (Fsp3) is 0.364. The number of hydrogen-bond acceptors (Lipinski definition) is 4. The zero-order valence-corrected chi connectivity index (χ0v) is 19.7. The lowest BCUT2D eigenvalue weighted by Crippen LogP contribution is -2.57. The van der Waals surface area contributed by atoms with Gasteiger partial charge in [0.1, 0.15) is 17.7 Å². The highest BCUT2D eigenvalue weighted by molar-refractivity contribution is 7.89. The Hall–Kier alpha value is -2.56. The molecule has 2 aromatic carbocycles. The Morgan fingerprint density at radius 1 is 0.970 bits per heavy atom. The number of nitrogens with one attached hydrogen (secondary N) is 1. The molecule has 2 amide bonds. The van der Waals surface area contributed by atoms with Gasteiger partial charge in [0.05, 0.1) is 0 Å². The van der Waals surface area contributed by atoms with Crippen molar-refractivity contribution in [1.82, 2.24) is 14.5 Å². The average molecular weight is 500 g/mol. The molecule has 0 aliphatic carbocycles. The van der Waals surface area contributed by atoms with Crippen molar-refractivity contribution in [3.63, 3.8) is 0 Å². The molecule has 0 spiro atoms. The molecule has 33 heavy (non-hydrogen) atoms. The molecule has 0 aromatic heterocycles. The van der Waals surface area contributed by atoms with E-state index in [1.807, 2.05) is 0 Å². The summed E-state index contributed by atoms with van der Waals surface area (Å²) in [5.74, 6) is -3.36. The van der Waals surface area contributed by atoms with Gasteiger partial charge in [-0.05, 0) is 42.3 Å². The SMILES string of the molecule is CC(C)[C@H](NC(=O)c1ccc(Cl)cc1)C(=O)N1CCN(S(=O)(=O)c2c(F)cccc2F)CC1. The molecule has 178 valence electrons. The summed E-state index contributed by atoms with van der Waals surface area (Å²) in [6, 6.07) is 8.25. The van der Waals surface area contributed by atoms with Gasteiger partial charge in [-0.2, -0.15) is 4.31 Å². The summed E-state index contributed by atoms with van der Waals surface area (Å²) in [5, 5.41) is 3.21. The number of amides is 2. The van der Waals surface area contributed by atoms with E-state index < -0.39 is 38.5 Å². The van der Waals surface area contributed by atoms with E-state index in [0.29, 0.717) is 10.6 Å². The van der Waals surface area contributed by atoms with Crippen molar-refractivity contribution >= 4 is 33.4 Å². The molecule has 2 aromatic rings. The van der Waals surface area contributed by atoms with Crippen LogP contribution in [0.3, 0.4) is 0 Å². The standard InChI is InChI=1S/C22H24ClF2N3O4S/c1-14(2)19(26-21(29)15-6-8-16(23)9-7-15)22(30)27-10-12-28(13-11-27)33(31,32)20-17(24)4-3-5-18(20)25/h3-9,14,19H,10-13H2,1-2H3,(H,26,29)/t19-/m0/s1. The lowest BCUT2D eigenvalue weighted by molar-refractivity contribution is -0.135. The molecule has 1 fully saturated rings. The van der Waals surface area contributed by atoms with Crippen molar-refractivity contribution in [3.8, 4) is 0 Å². The van der Waals surface area contributed by atoms with E-state index >= 15 is 0 Å². The van der Waals surface area contributed by atoms with Gasteiger partial charge in [-0.25, -0.2) is 17.2 Å². The third-order valence-corrected chi connectivity index (χ3v) is 7.60. The highest BCUT2D eigenvalue weighted by Gasteiger charge is 2.36. The molecule has 3 rings (SSSR count). The second kappa shape index (κ2) is 10.1. The summed E-state index contributed by atoms with van der Waals surface area (Å²) >= 11 is 5.84. The summed E-state index contributed by atoms with van der Waals surface area (Å²) in [5.41, 5.74) is 0.348. The number of carbonyl (C=O) groups is 2. The first-order chi connectivity index (χ1) is 15.5. The van der Waals surface area contributed by atoms with Crippen LogP contribution in [0.15, 0.2) is 47.4 Å². The molecule has 0 radical (unpaired) electrons. The number of piperazine rings is 1. The molecule has 1 atom stereocenters. The van der Waals surface area contributed by atoms with Crippen molar-refractivity contribution < 1.29 is 26.8 Å². The van der Waals surface area contributed by atoms with Gasteiger partial charge in [0.25, 0.3) is 5.91 Å². The van der Waals surface area contributed by atoms with Crippen LogP contribution < -0.4 is 5.32 Å². The Kier molecular flexibility index (Phi) is 7.71. The number of halogens is 3. The van der Waals surface area contributed by atoms with Crippen LogP contribution in [0.1, 0.15) is 24.2 Å². The molecule has 1 heterocycles. The maximum absolute atomic E-state index is 14.0. The van der Waals surface area contributed by atoms with E-state index in [2.05, 4.69) is 5.32 Å². The van der Waals surface area contributed by atoms with Gasteiger partial charge in [0.2, 0.25) is 15.9 Å². The number of hydrogen-bond donors (Lipinski definition) is 1. The van der Waals surface area contributed by atoms with E-state index in [1.54, 1.807) is 38.1 Å². The molecular weight excluding hydrogens is 476 g/mol. The third kappa shape index (κ3) is 5.51. The Labute approximate surface area is 196 Å². The van der Waals surface area contributed by atoms with Crippen LogP contribution in [0.4, 0.5) is 8.78 Å². The quantitative estimate of drug-likeness (QED) is 0.662. The van der Waals surface area contributed by atoms with Gasteiger partial charge in [-0.1, -0.05) is 31.5 Å². The molecule has 11 heteroatoms. The Balaban J connectivity index is 1.69. The molecule has 1 saturated heterocycles. The van der Waals surface area contributed by atoms with Crippen molar-refractivity contribution in [3.05, 3.63) is 64.7 Å². The van der Waals surface area contributed by atoms with E-state index in [0.717, 1.165) is 22.5 Å². The first-order valence-corrected chi connectivity index (χ1v) is 12.1. The second-order valence-electron chi connectivity index (χ2n) is 7.98. The number of benzene rings is 2. The van der Waals surface area contributed by atoms with Crippen LogP contribution in [0.2, 0.25) is 5.02 Å². The van der Waals surface area contributed by atoms with Crippen LogP contribution in [0.25, 0.3) is 0 Å². The van der Waals surface area contributed by atoms with Crippen LogP contribution in [-0.2, 0) is 14.8 Å². The second-order valence-corrected chi connectivity index (χ2v) is 10.3. The highest BCUT2D eigenvalue weighted by Crippen LogP contribution is 2.24. The summed E-state index contributed by atoms with van der Waals surface area (Å²) in [6.45, 7) is 3.36. The van der Waals surface area contributed by atoms with E-state index in [-0.39, 0.29) is 38.0 Å². The highest BCUT2D eigenvalue weighted by atomic mass is 35.5. The van der Waals surface area contributed by atoms with Crippen LogP contribution in [-0.4, -0.2) is 61.7 Å². The first kappa shape index (κ1) is 25.1. The van der Waals surface area contributed by atoms with Gasteiger partial charge in [-0.3, -0.25) is 9.59 Å². The van der Waals surface area contributed by atoms with Crippen molar-refractivity contribution in [1.29, 1.82) is 0 Å². The minimum atomic E-state index is -4.40. The molecule has 0 saturated carbocycles. The molecular formula is C22H24ClF2N3O4S. The van der Waals surface area contributed by atoms with Crippen molar-refractivity contribution in [2.45, 2.75) is 24.8 Å². The van der Waals surface area contributed by atoms with Crippen molar-refractivity contribution in [2.75, 3.05) is 26.2 Å². The third-order valence-electron chi connectivity index (χ3n) is 5.39.